The fourth-order valence-electron chi connectivity index (χ4n) is 4.43. The van der Waals surface area contributed by atoms with Crippen molar-refractivity contribution in [2.75, 3.05) is 44.3 Å². The standard InChI is InChI=1S/C21H28N6O/c1-15-10-20(19(11-22)16(2)24-15)27-5-3-4-17(14-27)21-18(12-23-25-21)13-26-6-8-28-9-7-26/h10,12,17H,3-9,13-14H2,1-2H3,(H,23,25)/t17-/m1/s1. The minimum absolute atomic E-state index is 0.396. The van der Waals surface area contributed by atoms with Crippen LogP contribution in [0.3, 0.4) is 0 Å². The highest BCUT2D eigenvalue weighted by atomic mass is 16.5. The summed E-state index contributed by atoms with van der Waals surface area (Å²) in [5, 5.41) is 17.3. The smallest absolute Gasteiger partial charge is 0.103 e. The first-order valence-corrected chi connectivity index (χ1v) is 10.1. The number of hydrogen-bond acceptors (Lipinski definition) is 6. The summed E-state index contributed by atoms with van der Waals surface area (Å²) in [6, 6.07) is 4.41. The van der Waals surface area contributed by atoms with Crippen LogP contribution in [0.15, 0.2) is 12.3 Å². The summed E-state index contributed by atoms with van der Waals surface area (Å²) in [5.41, 5.74) is 6.03. The summed E-state index contributed by atoms with van der Waals surface area (Å²) in [6.07, 6.45) is 4.22. The summed E-state index contributed by atoms with van der Waals surface area (Å²) in [5.74, 6) is 0.396. The van der Waals surface area contributed by atoms with Crippen molar-refractivity contribution in [3.8, 4) is 6.07 Å². The Morgan fingerprint density at radius 1 is 1.29 bits per heavy atom. The molecule has 2 aromatic heterocycles. The second kappa shape index (κ2) is 8.29. The van der Waals surface area contributed by atoms with Gasteiger partial charge in [-0.3, -0.25) is 15.0 Å². The number of nitrogens with zero attached hydrogens (tertiary/aromatic N) is 5. The molecule has 0 radical (unpaired) electrons. The van der Waals surface area contributed by atoms with E-state index in [1.165, 1.54) is 11.3 Å². The van der Waals surface area contributed by atoms with E-state index < -0.39 is 0 Å². The molecule has 148 valence electrons. The lowest BCUT2D eigenvalue weighted by molar-refractivity contribution is 0.0340. The second-order valence-corrected chi connectivity index (χ2v) is 7.84. The number of nitriles is 1. The van der Waals surface area contributed by atoms with Gasteiger partial charge in [-0.2, -0.15) is 10.4 Å². The Morgan fingerprint density at radius 3 is 2.89 bits per heavy atom. The normalized spacial score (nSPS) is 20.9. The highest BCUT2D eigenvalue weighted by Gasteiger charge is 2.27. The highest BCUT2D eigenvalue weighted by molar-refractivity contribution is 5.62. The van der Waals surface area contributed by atoms with E-state index in [9.17, 15) is 5.26 Å². The zero-order valence-corrected chi connectivity index (χ0v) is 16.7. The van der Waals surface area contributed by atoms with Gasteiger partial charge < -0.3 is 9.64 Å². The Bertz CT molecular complexity index is 864. The van der Waals surface area contributed by atoms with Gasteiger partial charge in [0, 0.05) is 55.6 Å². The van der Waals surface area contributed by atoms with Gasteiger partial charge in [0.15, 0.2) is 0 Å². The van der Waals surface area contributed by atoms with Crippen LogP contribution in [0.5, 0.6) is 0 Å². The van der Waals surface area contributed by atoms with Gasteiger partial charge in [0.1, 0.15) is 6.07 Å². The average Bonchev–Trinajstić information content (AvgIpc) is 3.16. The molecule has 1 atom stereocenters. The maximum Gasteiger partial charge on any atom is 0.103 e. The van der Waals surface area contributed by atoms with Crippen molar-refractivity contribution < 1.29 is 4.74 Å². The van der Waals surface area contributed by atoms with Crippen molar-refractivity contribution in [2.24, 2.45) is 0 Å². The number of H-pyrrole nitrogens is 1. The Hall–Kier alpha value is -2.43. The molecule has 4 heterocycles. The fourth-order valence-corrected chi connectivity index (χ4v) is 4.43. The number of ether oxygens (including phenoxy) is 1. The Kier molecular flexibility index (Phi) is 5.60. The highest BCUT2D eigenvalue weighted by Crippen LogP contribution is 2.33. The molecule has 2 saturated heterocycles. The maximum atomic E-state index is 9.65. The summed E-state index contributed by atoms with van der Waals surface area (Å²) in [6.45, 7) is 10.3. The van der Waals surface area contributed by atoms with Crippen LogP contribution >= 0.6 is 0 Å². The van der Waals surface area contributed by atoms with Crippen LogP contribution < -0.4 is 4.90 Å². The molecule has 2 aromatic rings. The van der Waals surface area contributed by atoms with E-state index >= 15 is 0 Å². The number of anilines is 1. The van der Waals surface area contributed by atoms with E-state index in [1.54, 1.807) is 0 Å². The molecule has 7 heteroatoms. The van der Waals surface area contributed by atoms with Crippen LogP contribution in [0.2, 0.25) is 0 Å². The van der Waals surface area contributed by atoms with Crippen LogP contribution in [0.25, 0.3) is 0 Å². The molecular weight excluding hydrogens is 352 g/mol. The third kappa shape index (κ3) is 3.89. The second-order valence-electron chi connectivity index (χ2n) is 7.84. The summed E-state index contributed by atoms with van der Waals surface area (Å²) < 4.78 is 5.47. The van der Waals surface area contributed by atoms with E-state index in [0.29, 0.717) is 11.5 Å². The van der Waals surface area contributed by atoms with Gasteiger partial charge in [-0.15, -0.1) is 0 Å². The Balaban J connectivity index is 1.54. The van der Waals surface area contributed by atoms with Crippen LogP contribution in [-0.2, 0) is 11.3 Å². The van der Waals surface area contributed by atoms with Crippen molar-refractivity contribution in [1.29, 1.82) is 5.26 Å². The molecule has 0 unspecified atom stereocenters. The number of aromatic nitrogens is 3. The van der Waals surface area contributed by atoms with E-state index in [1.807, 2.05) is 20.0 Å². The summed E-state index contributed by atoms with van der Waals surface area (Å²) >= 11 is 0. The Morgan fingerprint density at radius 2 is 2.11 bits per heavy atom. The van der Waals surface area contributed by atoms with E-state index in [0.717, 1.165) is 75.9 Å². The largest absolute Gasteiger partial charge is 0.379 e. The zero-order chi connectivity index (χ0) is 19.5. The molecule has 4 rings (SSSR count). The zero-order valence-electron chi connectivity index (χ0n) is 16.7. The van der Waals surface area contributed by atoms with Crippen molar-refractivity contribution >= 4 is 5.69 Å². The van der Waals surface area contributed by atoms with Crippen molar-refractivity contribution in [3.63, 3.8) is 0 Å². The van der Waals surface area contributed by atoms with E-state index in [-0.39, 0.29) is 0 Å². The van der Waals surface area contributed by atoms with E-state index in [4.69, 9.17) is 4.74 Å². The van der Waals surface area contributed by atoms with Crippen molar-refractivity contribution in [1.82, 2.24) is 20.1 Å². The lowest BCUT2D eigenvalue weighted by Crippen LogP contribution is -2.37. The first-order valence-electron chi connectivity index (χ1n) is 10.1. The van der Waals surface area contributed by atoms with Gasteiger partial charge in [-0.25, -0.2) is 0 Å². The molecule has 2 aliphatic heterocycles. The molecule has 1 N–H and O–H groups in total. The molecule has 7 nitrogen and oxygen atoms in total. The van der Waals surface area contributed by atoms with Gasteiger partial charge in [0.2, 0.25) is 0 Å². The predicted molar refractivity (Wildman–Crippen MR) is 107 cm³/mol. The average molecular weight is 380 g/mol. The minimum atomic E-state index is 0.396. The molecular formula is C21H28N6O. The van der Waals surface area contributed by atoms with Gasteiger partial charge in [-0.1, -0.05) is 0 Å². The molecule has 0 aromatic carbocycles. The van der Waals surface area contributed by atoms with Gasteiger partial charge in [0.05, 0.1) is 36.4 Å². The molecule has 28 heavy (non-hydrogen) atoms. The lowest BCUT2D eigenvalue weighted by atomic mass is 9.91. The minimum Gasteiger partial charge on any atom is -0.379 e. The predicted octanol–water partition coefficient (Wildman–Crippen LogP) is 2.51. The third-order valence-electron chi connectivity index (χ3n) is 5.84. The fraction of sp³-hybridized carbons (Fsp3) is 0.571. The number of hydrogen-bond donors (Lipinski definition) is 1. The first kappa shape index (κ1) is 18.9. The maximum absolute atomic E-state index is 9.65. The van der Waals surface area contributed by atoms with Crippen LogP contribution in [-0.4, -0.2) is 59.5 Å². The van der Waals surface area contributed by atoms with E-state index in [2.05, 4.69) is 37.1 Å². The van der Waals surface area contributed by atoms with Crippen LogP contribution in [0, 0.1) is 25.2 Å². The first-order chi connectivity index (χ1) is 13.7. The number of rotatable bonds is 4. The molecule has 0 saturated carbocycles. The van der Waals surface area contributed by atoms with Gasteiger partial charge >= 0.3 is 0 Å². The number of aromatic amines is 1. The molecule has 2 fully saturated rings. The quantitative estimate of drug-likeness (QED) is 0.878. The van der Waals surface area contributed by atoms with Gasteiger partial charge in [-0.05, 0) is 32.8 Å². The van der Waals surface area contributed by atoms with Crippen LogP contribution in [0.1, 0.15) is 47.0 Å². The molecule has 0 spiro atoms. The molecule has 0 bridgehead atoms. The van der Waals surface area contributed by atoms with Crippen molar-refractivity contribution in [3.05, 3.63) is 40.5 Å². The number of morpholine rings is 1. The molecule has 0 aliphatic carbocycles. The number of nitrogens with one attached hydrogen (secondary N) is 1. The third-order valence-corrected chi connectivity index (χ3v) is 5.84. The summed E-state index contributed by atoms with van der Waals surface area (Å²) in [7, 11) is 0. The number of aryl methyl sites for hydroxylation is 2. The molecule has 0 amide bonds. The molecule has 2 aliphatic rings. The number of piperidine rings is 1. The summed E-state index contributed by atoms with van der Waals surface area (Å²) in [4.78, 5) is 9.25. The Labute approximate surface area is 166 Å². The van der Waals surface area contributed by atoms with Crippen molar-refractivity contribution in [2.45, 2.75) is 39.2 Å². The SMILES string of the molecule is Cc1cc(N2CCC[C@@H](c3[nH]ncc3CN3CCOCC3)C2)c(C#N)c(C)n1. The van der Waals surface area contributed by atoms with Gasteiger partial charge in [0.25, 0.3) is 0 Å². The lowest BCUT2D eigenvalue weighted by Gasteiger charge is -2.35. The van der Waals surface area contributed by atoms with Crippen LogP contribution in [0.4, 0.5) is 5.69 Å². The number of pyridine rings is 1. The topological polar surface area (TPSA) is 81.1 Å². The monoisotopic (exact) mass is 380 g/mol.